The van der Waals surface area contributed by atoms with Gasteiger partial charge in [0, 0.05) is 31.6 Å². The zero-order valence-corrected chi connectivity index (χ0v) is 19.3. The first-order chi connectivity index (χ1) is 14.8. The van der Waals surface area contributed by atoms with Gasteiger partial charge in [0.2, 0.25) is 0 Å². The van der Waals surface area contributed by atoms with E-state index in [9.17, 15) is 9.59 Å². The zero-order valence-electron chi connectivity index (χ0n) is 18.5. The number of benzene rings is 1. The molecule has 0 radical (unpaired) electrons. The Hall–Kier alpha value is -2.74. The number of nitrogens with zero attached hydrogens (tertiary/aromatic N) is 3. The van der Waals surface area contributed by atoms with Gasteiger partial charge in [0.05, 0.1) is 13.0 Å². The van der Waals surface area contributed by atoms with E-state index < -0.39 is 5.97 Å². The highest BCUT2D eigenvalue weighted by molar-refractivity contribution is 8.14. The summed E-state index contributed by atoms with van der Waals surface area (Å²) >= 11 is 1.23. The van der Waals surface area contributed by atoms with Gasteiger partial charge in [-0.15, -0.1) is 0 Å². The Balaban J connectivity index is 1.75. The maximum atomic E-state index is 12.4. The van der Waals surface area contributed by atoms with E-state index in [1.54, 1.807) is 20.2 Å². The van der Waals surface area contributed by atoms with Gasteiger partial charge in [-0.3, -0.25) is 9.59 Å². The first kappa shape index (κ1) is 24.5. The number of aromatic nitrogens is 1. The Morgan fingerprint density at radius 3 is 2.45 bits per heavy atom. The Labute approximate surface area is 188 Å². The normalized spacial score (nSPS) is 12.6. The number of carboxylic acids is 1. The van der Waals surface area contributed by atoms with Crippen LogP contribution in [0.5, 0.6) is 5.75 Å². The molecule has 1 heterocycles. The van der Waals surface area contributed by atoms with Crippen LogP contribution >= 0.6 is 11.8 Å². The van der Waals surface area contributed by atoms with E-state index in [2.05, 4.69) is 4.98 Å². The summed E-state index contributed by atoms with van der Waals surface area (Å²) in [5, 5.41) is 8.85. The Kier molecular flexibility index (Phi) is 9.65. The number of carbonyl (C=O) groups is 2. The molecule has 2 rings (SSSR count). The van der Waals surface area contributed by atoms with Gasteiger partial charge < -0.3 is 19.6 Å². The molecule has 0 aliphatic heterocycles. The summed E-state index contributed by atoms with van der Waals surface area (Å²) < 4.78 is 5.83. The Morgan fingerprint density at radius 2 is 1.84 bits per heavy atom. The Bertz CT molecular complexity index is 832. The largest absolute Gasteiger partial charge is 0.492 e. The molecular weight excluding hydrogens is 414 g/mol. The molecule has 0 saturated heterocycles. The van der Waals surface area contributed by atoms with Crippen molar-refractivity contribution in [2.45, 2.75) is 38.0 Å². The standard InChI is InChI=1S/C23H31N3O4S/c1-17(15-22(27)28)26(4)23(29)31-18(2)16-19-8-10-20(11-9-19)30-14-13-25(3)21-7-5-6-12-24-21/h5-12,17-18H,13-16H2,1-4H3,(H,27,28). The van der Waals surface area contributed by atoms with Crippen LogP contribution in [0.3, 0.4) is 0 Å². The molecule has 0 spiro atoms. The average molecular weight is 446 g/mol. The second-order valence-corrected chi connectivity index (χ2v) is 8.95. The molecule has 168 valence electrons. The summed E-state index contributed by atoms with van der Waals surface area (Å²) in [7, 11) is 3.63. The summed E-state index contributed by atoms with van der Waals surface area (Å²) in [4.78, 5) is 31.0. The third-order valence-electron chi connectivity index (χ3n) is 4.90. The van der Waals surface area contributed by atoms with Crippen molar-refractivity contribution in [1.29, 1.82) is 0 Å². The number of ether oxygens (including phenoxy) is 1. The molecule has 0 aliphatic rings. The number of rotatable bonds is 11. The van der Waals surface area contributed by atoms with Crippen LogP contribution in [0.4, 0.5) is 10.6 Å². The fourth-order valence-corrected chi connectivity index (χ4v) is 3.88. The van der Waals surface area contributed by atoms with E-state index in [1.165, 1.54) is 16.7 Å². The van der Waals surface area contributed by atoms with Crippen LogP contribution in [0.2, 0.25) is 0 Å². The molecule has 7 nitrogen and oxygen atoms in total. The van der Waals surface area contributed by atoms with E-state index >= 15 is 0 Å². The highest BCUT2D eigenvalue weighted by atomic mass is 32.2. The van der Waals surface area contributed by atoms with Crippen molar-refractivity contribution in [3.63, 3.8) is 0 Å². The molecule has 0 aliphatic carbocycles. The maximum Gasteiger partial charge on any atom is 0.305 e. The molecule has 0 fully saturated rings. The lowest BCUT2D eigenvalue weighted by Gasteiger charge is -2.24. The summed E-state index contributed by atoms with van der Waals surface area (Å²) in [5.74, 6) is 0.804. The number of carbonyl (C=O) groups excluding carboxylic acids is 1. The fraction of sp³-hybridized carbons (Fsp3) is 0.435. The predicted octanol–water partition coefficient (Wildman–Crippen LogP) is 4.18. The SMILES string of the molecule is CC(Cc1ccc(OCCN(C)c2ccccn2)cc1)SC(=O)N(C)C(C)CC(=O)O. The van der Waals surface area contributed by atoms with E-state index in [1.807, 2.05) is 61.3 Å². The van der Waals surface area contributed by atoms with Gasteiger partial charge in [-0.25, -0.2) is 4.98 Å². The van der Waals surface area contributed by atoms with Gasteiger partial charge in [-0.2, -0.15) is 0 Å². The van der Waals surface area contributed by atoms with Crippen molar-refractivity contribution in [3.8, 4) is 5.75 Å². The van der Waals surface area contributed by atoms with Crippen LogP contribution in [-0.2, 0) is 11.2 Å². The zero-order chi connectivity index (χ0) is 22.8. The number of amides is 1. The molecule has 1 aromatic heterocycles. The number of thioether (sulfide) groups is 1. The van der Waals surface area contributed by atoms with Gasteiger partial charge in [-0.05, 0) is 43.2 Å². The smallest absolute Gasteiger partial charge is 0.305 e. The first-order valence-electron chi connectivity index (χ1n) is 10.3. The van der Waals surface area contributed by atoms with Crippen LogP contribution in [0, 0.1) is 0 Å². The van der Waals surface area contributed by atoms with Gasteiger partial charge in [0.15, 0.2) is 0 Å². The molecule has 1 amide bonds. The lowest BCUT2D eigenvalue weighted by atomic mass is 10.1. The van der Waals surface area contributed by atoms with Gasteiger partial charge in [-0.1, -0.05) is 36.9 Å². The number of pyridine rings is 1. The van der Waals surface area contributed by atoms with Gasteiger partial charge >= 0.3 is 5.97 Å². The monoisotopic (exact) mass is 445 g/mol. The average Bonchev–Trinajstić information content (AvgIpc) is 2.74. The summed E-state index contributed by atoms with van der Waals surface area (Å²) in [6.45, 7) is 5.01. The minimum Gasteiger partial charge on any atom is -0.492 e. The summed E-state index contributed by atoms with van der Waals surface area (Å²) in [5.41, 5.74) is 1.12. The quantitative estimate of drug-likeness (QED) is 0.556. The number of anilines is 1. The number of hydrogen-bond donors (Lipinski definition) is 1. The minimum atomic E-state index is -0.907. The highest BCUT2D eigenvalue weighted by Gasteiger charge is 2.21. The molecule has 2 unspecified atom stereocenters. The third-order valence-corrected chi connectivity index (χ3v) is 5.96. The van der Waals surface area contributed by atoms with Crippen LogP contribution in [0.15, 0.2) is 48.7 Å². The number of aliphatic carboxylic acids is 1. The van der Waals surface area contributed by atoms with Crippen molar-refractivity contribution in [3.05, 3.63) is 54.2 Å². The van der Waals surface area contributed by atoms with Crippen LogP contribution in [0.25, 0.3) is 0 Å². The number of carboxylic acid groups (broad SMARTS) is 1. The summed E-state index contributed by atoms with van der Waals surface area (Å²) in [6, 6.07) is 13.4. The second-order valence-electron chi connectivity index (χ2n) is 7.56. The second kappa shape index (κ2) is 12.2. The molecule has 0 bridgehead atoms. The number of hydrogen-bond acceptors (Lipinski definition) is 6. The van der Waals surface area contributed by atoms with Gasteiger partial charge in [0.25, 0.3) is 5.24 Å². The maximum absolute atomic E-state index is 12.4. The first-order valence-corrected chi connectivity index (χ1v) is 11.1. The van der Waals surface area contributed by atoms with Crippen molar-refractivity contribution in [2.24, 2.45) is 0 Å². The Morgan fingerprint density at radius 1 is 1.13 bits per heavy atom. The van der Waals surface area contributed by atoms with E-state index in [4.69, 9.17) is 9.84 Å². The summed E-state index contributed by atoms with van der Waals surface area (Å²) in [6.07, 6.45) is 2.45. The van der Waals surface area contributed by atoms with E-state index in [0.717, 1.165) is 30.1 Å². The van der Waals surface area contributed by atoms with Crippen molar-refractivity contribution in [2.75, 3.05) is 32.1 Å². The molecular formula is C23H31N3O4S. The van der Waals surface area contributed by atoms with Crippen LogP contribution in [0.1, 0.15) is 25.8 Å². The lowest BCUT2D eigenvalue weighted by molar-refractivity contribution is -0.137. The minimum absolute atomic E-state index is 0.0592. The molecule has 2 atom stereocenters. The van der Waals surface area contributed by atoms with Crippen molar-refractivity contribution >= 4 is 28.8 Å². The van der Waals surface area contributed by atoms with Crippen molar-refractivity contribution < 1.29 is 19.4 Å². The molecule has 0 saturated carbocycles. The van der Waals surface area contributed by atoms with E-state index in [-0.39, 0.29) is 23.0 Å². The fourth-order valence-electron chi connectivity index (χ4n) is 2.91. The van der Waals surface area contributed by atoms with Crippen molar-refractivity contribution in [1.82, 2.24) is 9.88 Å². The topological polar surface area (TPSA) is 83.0 Å². The predicted molar refractivity (Wildman–Crippen MR) is 125 cm³/mol. The highest BCUT2D eigenvalue weighted by Crippen LogP contribution is 2.22. The van der Waals surface area contributed by atoms with Crippen LogP contribution in [-0.4, -0.2) is 64.7 Å². The third kappa shape index (κ3) is 8.49. The van der Waals surface area contributed by atoms with Gasteiger partial charge in [0.1, 0.15) is 18.2 Å². The molecule has 2 aromatic rings. The van der Waals surface area contributed by atoms with E-state index in [0.29, 0.717) is 6.61 Å². The molecule has 1 aromatic carbocycles. The number of likely N-dealkylation sites (N-methyl/N-ethyl adjacent to an activating group) is 1. The molecule has 8 heteroatoms. The van der Waals surface area contributed by atoms with Crippen LogP contribution < -0.4 is 9.64 Å². The molecule has 1 N–H and O–H groups in total. The lowest BCUT2D eigenvalue weighted by Crippen LogP contribution is -2.34. The molecule has 31 heavy (non-hydrogen) atoms.